The van der Waals surface area contributed by atoms with Gasteiger partial charge in [0.15, 0.2) is 0 Å². The van der Waals surface area contributed by atoms with Crippen LogP contribution in [0.15, 0.2) is 16.6 Å². The molecule has 0 amide bonds. The second kappa shape index (κ2) is 5.14. The molecule has 0 saturated heterocycles. The van der Waals surface area contributed by atoms with E-state index < -0.39 is 0 Å². The molecule has 0 aliphatic heterocycles. The van der Waals surface area contributed by atoms with Crippen molar-refractivity contribution in [1.82, 2.24) is 0 Å². The minimum absolute atomic E-state index is 0.379. The van der Waals surface area contributed by atoms with E-state index >= 15 is 0 Å². The average molecular weight is 342 g/mol. The van der Waals surface area contributed by atoms with Gasteiger partial charge in [0.1, 0.15) is 0 Å². The van der Waals surface area contributed by atoms with E-state index in [2.05, 4.69) is 36.6 Å². The molecular formula is C9H7Br2ClO2. The fourth-order valence-corrected chi connectivity index (χ4v) is 2.46. The summed E-state index contributed by atoms with van der Waals surface area (Å²) < 4.78 is 5.27. The SMILES string of the molecule is COC(=O)c1cc(CBr)c(Cl)cc1Br. The number of hydrogen-bond acceptors (Lipinski definition) is 2. The van der Waals surface area contributed by atoms with Gasteiger partial charge in [0.2, 0.25) is 0 Å². The van der Waals surface area contributed by atoms with Crippen LogP contribution in [0.4, 0.5) is 0 Å². The monoisotopic (exact) mass is 340 g/mol. The van der Waals surface area contributed by atoms with Crippen molar-refractivity contribution in [1.29, 1.82) is 0 Å². The number of methoxy groups -OCH3 is 1. The van der Waals surface area contributed by atoms with Crippen molar-refractivity contribution < 1.29 is 9.53 Å². The second-order valence-corrected chi connectivity index (χ2v) is 4.37. The van der Waals surface area contributed by atoms with Crippen molar-refractivity contribution in [3.8, 4) is 0 Å². The summed E-state index contributed by atoms with van der Waals surface area (Å²) in [7, 11) is 1.34. The third-order valence-corrected chi connectivity index (χ3v) is 3.30. The molecule has 0 unspecified atom stereocenters. The quantitative estimate of drug-likeness (QED) is 0.604. The zero-order valence-electron chi connectivity index (χ0n) is 7.31. The van der Waals surface area contributed by atoms with Gasteiger partial charge in [-0.15, -0.1) is 0 Å². The number of carbonyl (C=O) groups excluding carboxylic acids is 1. The molecule has 0 radical (unpaired) electrons. The van der Waals surface area contributed by atoms with Crippen LogP contribution in [0.5, 0.6) is 0 Å². The van der Waals surface area contributed by atoms with Crippen LogP contribution in [0.1, 0.15) is 15.9 Å². The molecule has 5 heteroatoms. The maximum atomic E-state index is 11.3. The van der Waals surface area contributed by atoms with Crippen LogP contribution in [0.25, 0.3) is 0 Å². The van der Waals surface area contributed by atoms with E-state index in [1.807, 2.05) is 0 Å². The molecule has 0 N–H and O–H groups in total. The number of carbonyl (C=O) groups is 1. The minimum Gasteiger partial charge on any atom is -0.465 e. The van der Waals surface area contributed by atoms with E-state index in [-0.39, 0.29) is 5.97 Å². The highest BCUT2D eigenvalue weighted by Crippen LogP contribution is 2.27. The fourth-order valence-electron chi connectivity index (χ4n) is 0.963. The number of halogens is 3. The predicted molar refractivity (Wildman–Crippen MR) is 63.1 cm³/mol. The molecule has 1 aromatic rings. The fraction of sp³-hybridized carbons (Fsp3) is 0.222. The third-order valence-electron chi connectivity index (χ3n) is 1.69. The summed E-state index contributed by atoms with van der Waals surface area (Å²) in [6.45, 7) is 0. The van der Waals surface area contributed by atoms with Gasteiger partial charge < -0.3 is 4.74 Å². The number of ether oxygens (including phenoxy) is 1. The van der Waals surface area contributed by atoms with Crippen molar-refractivity contribution in [2.24, 2.45) is 0 Å². The summed E-state index contributed by atoms with van der Waals surface area (Å²) in [6.07, 6.45) is 0. The molecule has 0 atom stereocenters. The number of benzene rings is 1. The van der Waals surface area contributed by atoms with Crippen molar-refractivity contribution in [2.75, 3.05) is 7.11 Å². The molecule has 0 heterocycles. The van der Waals surface area contributed by atoms with Crippen LogP contribution in [-0.2, 0) is 10.1 Å². The lowest BCUT2D eigenvalue weighted by Crippen LogP contribution is -2.03. The number of esters is 1. The first-order valence-electron chi connectivity index (χ1n) is 3.72. The molecule has 0 fully saturated rings. The van der Waals surface area contributed by atoms with Crippen molar-refractivity contribution in [3.05, 3.63) is 32.8 Å². The molecule has 0 aromatic heterocycles. The highest BCUT2D eigenvalue weighted by molar-refractivity contribution is 9.10. The Morgan fingerprint density at radius 2 is 2.21 bits per heavy atom. The van der Waals surface area contributed by atoms with Gasteiger partial charge in [0, 0.05) is 14.8 Å². The largest absolute Gasteiger partial charge is 0.465 e. The average Bonchev–Trinajstić information content (AvgIpc) is 2.17. The Balaban J connectivity index is 3.24. The molecule has 76 valence electrons. The molecular weight excluding hydrogens is 335 g/mol. The first-order valence-corrected chi connectivity index (χ1v) is 6.01. The first kappa shape index (κ1) is 12.0. The Bertz CT molecular complexity index is 366. The van der Waals surface area contributed by atoms with E-state index in [0.29, 0.717) is 20.4 Å². The molecule has 2 nitrogen and oxygen atoms in total. The number of rotatable bonds is 2. The van der Waals surface area contributed by atoms with Crippen LogP contribution >= 0.6 is 43.5 Å². The Hall–Kier alpha value is -0.0600. The lowest BCUT2D eigenvalue weighted by atomic mass is 10.1. The van der Waals surface area contributed by atoms with Crippen LogP contribution < -0.4 is 0 Å². The standard InChI is InChI=1S/C9H7Br2ClO2/c1-14-9(13)6-2-5(4-10)8(12)3-7(6)11/h2-3H,4H2,1H3. The van der Waals surface area contributed by atoms with Crippen molar-refractivity contribution in [2.45, 2.75) is 5.33 Å². The van der Waals surface area contributed by atoms with Crippen LogP contribution in [0, 0.1) is 0 Å². The Kier molecular flexibility index (Phi) is 4.41. The number of hydrogen-bond donors (Lipinski definition) is 0. The van der Waals surface area contributed by atoms with Gasteiger partial charge in [0.25, 0.3) is 0 Å². The van der Waals surface area contributed by atoms with Gasteiger partial charge in [-0.25, -0.2) is 4.79 Å². The van der Waals surface area contributed by atoms with Crippen molar-refractivity contribution in [3.63, 3.8) is 0 Å². The van der Waals surface area contributed by atoms with Gasteiger partial charge in [-0.1, -0.05) is 27.5 Å². The second-order valence-electron chi connectivity index (χ2n) is 2.55. The normalized spacial score (nSPS) is 10.0. The van der Waals surface area contributed by atoms with Gasteiger partial charge in [-0.3, -0.25) is 0 Å². The molecule has 0 bridgehead atoms. The molecule has 0 spiro atoms. The van der Waals surface area contributed by atoms with E-state index in [1.165, 1.54) is 7.11 Å². The highest BCUT2D eigenvalue weighted by atomic mass is 79.9. The summed E-state index contributed by atoms with van der Waals surface area (Å²) >= 11 is 12.5. The van der Waals surface area contributed by atoms with E-state index in [0.717, 1.165) is 5.56 Å². The summed E-state index contributed by atoms with van der Waals surface area (Å²) in [4.78, 5) is 11.3. The Morgan fingerprint density at radius 1 is 1.57 bits per heavy atom. The van der Waals surface area contributed by atoms with Gasteiger partial charge in [-0.2, -0.15) is 0 Å². The zero-order chi connectivity index (χ0) is 10.7. The zero-order valence-corrected chi connectivity index (χ0v) is 11.2. The Labute approximate surface area is 104 Å². The van der Waals surface area contributed by atoms with Crippen LogP contribution in [0.2, 0.25) is 5.02 Å². The lowest BCUT2D eigenvalue weighted by molar-refractivity contribution is 0.0599. The Morgan fingerprint density at radius 3 is 2.71 bits per heavy atom. The minimum atomic E-state index is -0.379. The summed E-state index contributed by atoms with van der Waals surface area (Å²) in [6, 6.07) is 3.39. The summed E-state index contributed by atoms with van der Waals surface area (Å²) in [5, 5.41) is 1.21. The predicted octanol–water partition coefficient (Wildman–Crippen LogP) is 3.78. The molecule has 0 aliphatic rings. The number of alkyl halides is 1. The maximum absolute atomic E-state index is 11.3. The molecule has 0 saturated carbocycles. The van der Waals surface area contributed by atoms with Gasteiger partial charge in [-0.05, 0) is 33.6 Å². The van der Waals surface area contributed by atoms with E-state index in [9.17, 15) is 4.79 Å². The maximum Gasteiger partial charge on any atom is 0.339 e. The van der Waals surface area contributed by atoms with Gasteiger partial charge in [0.05, 0.1) is 12.7 Å². The lowest BCUT2D eigenvalue weighted by Gasteiger charge is -2.06. The molecule has 0 aliphatic carbocycles. The third kappa shape index (κ3) is 2.49. The molecule has 1 aromatic carbocycles. The van der Waals surface area contributed by atoms with Crippen LogP contribution in [0.3, 0.4) is 0 Å². The first-order chi connectivity index (χ1) is 6.60. The van der Waals surface area contributed by atoms with E-state index in [1.54, 1.807) is 12.1 Å². The smallest absolute Gasteiger partial charge is 0.339 e. The van der Waals surface area contributed by atoms with Crippen LogP contribution in [-0.4, -0.2) is 13.1 Å². The summed E-state index contributed by atoms with van der Waals surface area (Å²) in [5.74, 6) is -0.379. The molecule has 14 heavy (non-hydrogen) atoms. The van der Waals surface area contributed by atoms with Gasteiger partial charge >= 0.3 is 5.97 Å². The van der Waals surface area contributed by atoms with E-state index in [4.69, 9.17) is 11.6 Å². The summed E-state index contributed by atoms with van der Waals surface area (Å²) in [5.41, 5.74) is 1.33. The highest BCUT2D eigenvalue weighted by Gasteiger charge is 2.13. The van der Waals surface area contributed by atoms with Crippen molar-refractivity contribution >= 4 is 49.4 Å². The topological polar surface area (TPSA) is 26.3 Å². The molecule has 1 rings (SSSR count).